The standard InChI is InChI=1S/C10H14N5O4Se.2ClH.Pt/c11-7-4-8(13-2-12-7)15(10(20)14-4)9-6(18)5(17)3(1-16)19-9;;;/h3,5-6,9,13,16-18H,1-2H2,(H2,11,12);2*1H;/q;;;+2/p-2/t3-,5-,6-,9-;;;/m1.../s1. The fourth-order valence-electron chi connectivity index (χ4n) is 2.36. The molecule has 1 fully saturated rings. The molecule has 1 aromatic heterocycles. The van der Waals surface area contributed by atoms with Crippen LogP contribution in [0.4, 0.5) is 5.82 Å². The van der Waals surface area contributed by atoms with Crippen LogP contribution < -0.4 is 15.8 Å². The number of aliphatic imine (C=N–C) groups is 1. The number of hydrogen-bond donors (Lipinski definition) is 5. The van der Waals surface area contributed by atoms with Gasteiger partial charge in [-0.2, -0.15) is 0 Å². The number of fused-ring (bicyclic) bond motifs is 1. The Hall–Kier alpha value is 0.108. The first kappa shape index (κ1) is 19.4. The van der Waals surface area contributed by atoms with Crippen LogP contribution in [0.25, 0.3) is 0 Å². The number of rotatable bonds is 2. The second kappa shape index (κ2) is 8.47. The molecule has 1 radical (unpaired) electrons. The van der Waals surface area contributed by atoms with Gasteiger partial charge in [0.15, 0.2) is 0 Å². The number of aliphatic hydroxyl groups excluding tert-OH is 3. The average Bonchev–Trinajstić information content (AvgIpc) is 2.99. The van der Waals surface area contributed by atoms with Crippen LogP contribution in [0.15, 0.2) is 4.99 Å². The molecule has 0 bridgehead atoms. The van der Waals surface area contributed by atoms with Crippen LogP contribution >= 0.6 is 18.8 Å². The summed E-state index contributed by atoms with van der Waals surface area (Å²) in [5.41, 5.74) is 6.23. The van der Waals surface area contributed by atoms with E-state index in [9.17, 15) is 10.2 Å². The summed E-state index contributed by atoms with van der Waals surface area (Å²) in [5.74, 6) is 0.849. The topological polar surface area (TPSA) is 138 Å². The van der Waals surface area contributed by atoms with E-state index in [1.165, 1.54) is 0 Å². The summed E-state index contributed by atoms with van der Waals surface area (Å²) in [6.07, 6.45) is -4.06. The van der Waals surface area contributed by atoms with Gasteiger partial charge in [0.2, 0.25) is 0 Å². The summed E-state index contributed by atoms with van der Waals surface area (Å²) in [5, 5.41) is 32.1. The monoisotopic (exact) mass is 613 g/mol. The zero-order valence-electron chi connectivity index (χ0n) is 11.4. The van der Waals surface area contributed by atoms with Gasteiger partial charge in [0.1, 0.15) is 0 Å². The summed E-state index contributed by atoms with van der Waals surface area (Å²) < 4.78 is 7.51. The molecule has 13 heteroatoms. The molecule has 23 heavy (non-hydrogen) atoms. The van der Waals surface area contributed by atoms with Crippen molar-refractivity contribution in [3.8, 4) is 0 Å². The van der Waals surface area contributed by atoms with Crippen molar-refractivity contribution in [2.45, 2.75) is 24.5 Å². The molecular formula is C10H14Cl2N5O4PtSe. The van der Waals surface area contributed by atoms with E-state index in [-0.39, 0.29) is 6.61 Å². The molecule has 3 heterocycles. The SMILES string of the molecule is NC1=NCNc2c1nc([Se])n2[C@@H]1O[C@H](CO)[C@@H](O)[C@H]1O.[Cl][Pt][Cl]. The number of ether oxygens (including phenoxy) is 1. The predicted octanol–water partition coefficient (Wildman–Crippen LogP) is -2.25. The number of hydrogen-bond acceptors (Lipinski definition) is 8. The molecule has 2 aliphatic rings. The van der Waals surface area contributed by atoms with Crippen LogP contribution in [0.3, 0.4) is 0 Å². The van der Waals surface area contributed by atoms with E-state index in [1.807, 2.05) is 0 Å². The van der Waals surface area contributed by atoms with Crippen molar-refractivity contribution >= 4 is 51.2 Å². The van der Waals surface area contributed by atoms with Gasteiger partial charge in [0.05, 0.1) is 0 Å². The molecule has 9 nitrogen and oxygen atoms in total. The number of nitrogens with zero attached hydrogens (tertiary/aromatic N) is 3. The number of halogens is 2. The second-order valence-electron chi connectivity index (χ2n) is 4.61. The molecule has 133 valence electrons. The van der Waals surface area contributed by atoms with Crippen LogP contribution in [0.2, 0.25) is 0 Å². The van der Waals surface area contributed by atoms with Crippen molar-refractivity contribution in [2.24, 2.45) is 10.7 Å². The Balaban J connectivity index is 0.000000595. The first-order chi connectivity index (χ1) is 11.0. The molecule has 1 saturated heterocycles. The van der Waals surface area contributed by atoms with Gasteiger partial charge in [0.25, 0.3) is 0 Å². The van der Waals surface area contributed by atoms with E-state index < -0.39 is 41.0 Å². The van der Waals surface area contributed by atoms with Gasteiger partial charge in [-0.15, -0.1) is 0 Å². The Morgan fingerprint density at radius 1 is 1.43 bits per heavy atom. The quantitative estimate of drug-likeness (QED) is 0.238. The van der Waals surface area contributed by atoms with Crippen molar-refractivity contribution in [3.63, 3.8) is 0 Å². The van der Waals surface area contributed by atoms with Crippen molar-refractivity contribution in [1.82, 2.24) is 9.55 Å². The zero-order chi connectivity index (χ0) is 17.1. The summed E-state index contributed by atoms with van der Waals surface area (Å²) in [6, 6.07) is 0. The van der Waals surface area contributed by atoms with Gasteiger partial charge in [-0.1, -0.05) is 0 Å². The van der Waals surface area contributed by atoms with Crippen LogP contribution in [0.5, 0.6) is 0 Å². The molecule has 3 rings (SSSR count). The third-order valence-corrected chi connectivity index (χ3v) is 3.99. The molecular weight excluding hydrogens is 599 g/mol. The molecule has 0 aromatic carbocycles. The minimum absolute atomic E-state index is 0.290. The third-order valence-electron chi connectivity index (χ3n) is 3.39. The number of imidazole rings is 1. The Morgan fingerprint density at radius 2 is 2.09 bits per heavy atom. The zero-order valence-corrected chi connectivity index (χ0v) is 16.9. The second-order valence-corrected chi connectivity index (χ2v) is 8.66. The Labute approximate surface area is 156 Å². The predicted molar refractivity (Wildman–Crippen MR) is 81.5 cm³/mol. The van der Waals surface area contributed by atoms with Crippen LogP contribution in [-0.2, 0) is 21.2 Å². The summed E-state index contributed by atoms with van der Waals surface area (Å²) in [4.78, 5) is 8.26. The van der Waals surface area contributed by atoms with Crippen LogP contribution in [0, 0.1) is 0 Å². The Morgan fingerprint density at radius 3 is 2.65 bits per heavy atom. The average molecular weight is 613 g/mol. The Kier molecular flexibility index (Phi) is 7.15. The molecule has 0 saturated carbocycles. The van der Waals surface area contributed by atoms with Gasteiger partial charge in [-0.25, -0.2) is 0 Å². The van der Waals surface area contributed by atoms with Gasteiger partial charge in [-0.05, 0) is 0 Å². The molecule has 0 amide bonds. The molecule has 0 unspecified atom stereocenters. The number of nitrogens with two attached hydrogens (primary N) is 1. The molecule has 2 aliphatic heterocycles. The van der Waals surface area contributed by atoms with Gasteiger partial charge in [-0.3, -0.25) is 0 Å². The van der Waals surface area contributed by atoms with E-state index in [4.69, 9.17) is 34.4 Å². The van der Waals surface area contributed by atoms with Crippen LogP contribution in [0.1, 0.15) is 11.9 Å². The van der Waals surface area contributed by atoms with Gasteiger partial charge in [0, 0.05) is 0 Å². The van der Waals surface area contributed by atoms with Crippen molar-refractivity contribution in [3.05, 3.63) is 5.69 Å². The number of amidine groups is 1. The summed E-state index contributed by atoms with van der Waals surface area (Å²) in [7, 11) is 9.75. The first-order valence-corrected chi connectivity index (χ1v) is 12.7. The molecule has 0 spiro atoms. The fraction of sp³-hybridized carbons (Fsp3) is 0.600. The number of aromatic nitrogens is 2. The summed E-state index contributed by atoms with van der Waals surface area (Å²) in [6.45, 7) is -0.0931. The van der Waals surface area contributed by atoms with Gasteiger partial charge < -0.3 is 0 Å². The van der Waals surface area contributed by atoms with E-state index in [0.717, 1.165) is 0 Å². The van der Waals surface area contributed by atoms with Crippen LogP contribution in [-0.4, -0.2) is 78.3 Å². The summed E-state index contributed by atoms with van der Waals surface area (Å²) >= 11 is 2.29. The van der Waals surface area contributed by atoms with Crippen molar-refractivity contribution in [1.29, 1.82) is 0 Å². The molecule has 6 N–H and O–H groups in total. The molecule has 0 aliphatic carbocycles. The van der Waals surface area contributed by atoms with Gasteiger partial charge >= 0.3 is 157 Å². The van der Waals surface area contributed by atoms with Crippen molar-refractivity contribution < 1.29 is 36.5 Å². The molecule has 1 aromatic rings. The van der Waals surface area contributed by atoms with E-state index in [0.29, 0.717) is 28.7 Å². The third kappa shape index (κ3) is 3.86. The van der Waals surface area contributed by atoms with E-state index in [2.05, 4.69) is 31.3 Å². The van der Waals surface area contributed by atoms with E-state index >= 15 is 0 Å². The maximum atomic E-state index is 10.1. The van der Waals surface area contributed by atoms with E-state index in [1.54, 1.807) is 4.57 Å². The number of aliphatic hydroxyl groups is 3. The Bertz CT molecular complexity index is 592. The van der Waals surface area contributed by atoms with Crippen molar-refractivity contribution in [2.75, 3.05) is 18.6 Å². The minimum atomic E-state index is -1.18. The first-order valence-electron chi connectivity index (χ1n) is 6.24. The number of nitrogens with one attached hydrogen (secondary N) is 1. The normalized spacial score (nSPS) is 29.3. The fourth-order valence-corrected chi connectivity index (χ4v) is 2.96. The maximum absolute atomic E-state index is 10.1. The molecule has 4 atom stereocenters. The number of anilines is 1.